The van der Waals surface area contributed by atoms with Crippen molar-refractivity contribution in [3.63, 3.8) is 0 Å². The lowest BCUT2D eigenvalue weighted by Gasteiger charge is -2.35. The fraction of sp³-hybridized carbons (Fsp3) is 0.588. The van der Waals surface area contributed by atoms with E-state index in [1.165, 1.54) is 24.0 Å². The summed E-state index contributed by atoms with van der Waals surface area (Å²) in [6, 6.07) is 9.26. The summed E-state index contributed by atoms with van der Waals surface area (Å²) in [4.78, 5) is 12.1. The molecule has 120 valence electrons. The van der Waals surface area contributed by atoms with Gasteiger partial charge in [0.1, 0.15) is 0 Å². The molecule has 1 atom stereocenters. The van der Waals surface area contributed by atoms with Gasteiger partial charge in [0.05, 0.1) is 6.04 Å². The highest BCUT2D eigenvalue weighted by Crippen LogP contribution is 2.49. The Morgan fingerprint density at radius 2 is 1.86 bits per heavy atom. The number of amides is 2. The van der Waals surface area contributed by atoms with Crippen LogP contribution in [-0.2, 0) is 5.41 Å². The minimum atomic E-state index is 0. The van der Waals surface area contributed by atoms with Gasteiger partial charge in [-0.15, -0.1) is 12.4 Å². The van der Waals surface area contributed by atoms with Gasteiger partial charge >= 0.3 is 6.03 Å². The summed E-state index contributed by atoms with van der Waals surface area (Å²) >= 11 is 0. The van der Waals surface area contributed by atoms with E-state index in [1.54, 1.807) is 0 Å². The summed E-state index contributed by atoms with van der Waals surface area (Å²) in [7, 11) is 0. The lowest BCUT2D eigenvalue weighted by atomic mass is 9.74. The van der Waals surface area contributed by atoms with Gasteiger partial charge in [-0.05, 0) is 56.3 Å². The number of rotatable bonds is 2. The number of benzene rings is 1. The summed E-state index contributed by atoms with van der Waals surface area (Å²) in [5.41, 5.74) is 3.05. The van der Waals surface area contributed by atoms with E-state index in [0.29, 0.717) is 6.04 Å². The van der Waals surface area contributed by atoms with E-state index >= 15 is 0 Å². The van der Waals surface area contributed by atoms with Crippen LogP contribution in [0.5, 0.6) is 0 Å². The largest absolute Gasteiger partial charge is 0.335 e. The van der Waals surface area contributed by atoms with E-state index in [9.17, 15) is 4.79 Å². The Morgan fingerprint density at radius 3 is 2.59 bits per heavy atom. The van der Waals surface area contributed by atoms with Crippen LogP contribution in [0.2, 0.25) is 0 Å². The first kappa shape index (κ1) is 15.6. The number of fused-ring (bicyclic) bond motifs is 2. The van der Waals surface area contributed by atoms with Crippen molar-refractivity contribution in [1.82, 2.24) is 16.0 Å². The van der Waals surface area contributed by atoms with E-state index < -0.39 is 0 Å². The molecule has 1 aromatic rings. The molecule has 4 rings (SSSR count). The SMILES string of the molecule is Cl.O=C(NC1CC1)NC1CC2(CCNCC2)c2ccccc21. The van der Waals surface area contributed by atoms with Crippen LogP contribution in [-0.4, -0.2) is 25.2 Å². The topological polar surface area (TPSA) is 53.2 Å². The summed E-state index contributed by atoms with van der Waals surface area (Å²) < 4.78 is 0. The van der Waals surface area contributed by atoms with E-state index in [0.717, 1.165) is 32.4 Å². The highest BCUT2D eigenvalue weighted by atomic mass is 35.5. The molecule has 1 unspecified atom stereocenters. The Balaban J connectivity index is 0.00000144. The monoisotopic (exact) mass is 321 g/mol. The second kappa shape index (κ2) is 6.09. The van der Waals surface area contributed by atoms with Crippen LogP contribution in [0, 0.1) is 0 Å². The van der Waals surface area contributed by atoms with Crippen molar-refractivity contribution in [1.29, 1.82) is 0 Å². The highest BCUT2D eigenvalue weighted by molar-refractivity contribution is 5.85. The molecule has 4 nitrogen and oxygen atoms in total. The number of urea groups is 1. The van der Waals surface area contributed by atoms with Gasteiger partial charge in [0, 0.05) is 11.5 Å². The molecule has 0 bridgehead atoms. The first-order valence-corrected chi connectivity index (χ1v) is 8.14. The zero-order chi connectivity index (χ0) is 14.3. The number of nitrogens with one attached hydrogen (secondary N) is 3. The molecule has 1 heterocycles. The third-order valence-corrected chi connectivity index (χ3v) is 5.28. The minimum Gasteiger partial charge on any atom is -0.335 e. The third-order valence-electron chi connectivity index (χ3n) is 5.28. The second-order valence-electron chi connectivity index (χ2n) is 6.77. The lowest BCUT2D eigenvalue weighted by Crippen LogP contribution is -2.41. The molecule has 22 heavy (non-hydrogen) atoms. The molecule has 0 radical (unpaired) electrons. The Bertz CT molecular complexity index is 553. The van der Waals surface area contributed by atoms with Crippen molar-refractivity contribution < 1.29 is 4.79 Å². The van der Waals surface area contributed by atoms with Crippen LogP contribution >= 0.6 is 12.4 Å². The third kappa shape index (κ3) is 2.82. The maximum atomic E-state index is 12.1. The number of hydrogen-bond donors (Lipinski definition) is 3. The lowest BCUT2D eigenvalue weighted by molar-refractivity contribution is 0.231. The van der Waals surface area contributed by atoms with Crippen LogP contribution in [0.4, 0.5) is 4.79 Å². The average molecular weight is 322 g/mol. The van der Waals surface area contributed by atoms with Crippen LogP contribution in [0.25, 0.3) is 0 Å². The maximum absolute atomic E-state index is 12.1. The summed E-state index contributed by atoms with van der Waals surface area (Å²) in [5.74, 6) is 0. The summed E-state index contributed by atoms with van der Waals surface area (Å²) in [5, 5.41) is 9.71. The molecule has 2 fully saturated rings. The van der Waals surface area contributed by atoms with Gasteiger partial charge in [-0.1, -0.05) is 24.3 Å². The van der Waals surface area contributed by atoms with Gasteiger partial charge in [0.15, 0.2) is 0 Å². The fourth-order valence-corrected chi connectivity index (χ4v) is 4.02. The number of carbonyl (C=O) groups excluding carboxylic acids is 1. The number of hydrogen-bond acceptors (Lipinski definition) is 2. The van der Waals surface area contributed by atoms with Crippen LogP contribution < -0.4 is 16.0 Å². The number of halogens is 1. The molecule has 3 N–H and O–H groups in total. The molecule has 1 saturated carbocycles. The van der Waals surface area contributed by atoms with Crippen LogP contribution in [0.15, 0.2) is 24.3 Å². The molecule has 2 amide bonds. The first-order valence-electron chi connectivity index (χ1n) is 8.14. The van der Waals surface area contributed by atoms with E-state index in [2.05, 4.69) is 40.2 Å². The predicted molar refractivity (Wildman–Crippen MR) is 89.5 cm³/mol. The Labute approximate surface area is 137 Å². The molecule has 0 aromatic heterocycles. The minimum absolute atomic E-state index is 0. The van der Waals surface area contributed by atoms with Crippen LogP contribution in [0.3, 0.4) is 0 Å². The fourth-order valence-electron chi connectivity index (χ4n) is 4.02. The smallest absolute Gasteiger partial charge is 0.315 e. The van der Waals surface area contributed by atoms with E-state index in [-0.39, 0.29) is 29.9 Å². The quantitative estimate of drug-likeness (QED) is 0.784. The highest BCUT2D eigenvalue weighted by Gasteiger charge is 2.44. The number of piperidine rings is 1. The number of carbonyl (C=O) groups is 1. The van der Waals surface area contributed by atoms with Gasteiger partial charge in [-0.3, -0.25) is 0 Å². The van der Waals surface area contributed by atoms with E-state index in [4.69, 9.17) is 0 Å². The molecule has 3 aliphatic rings. The Kier molecular flexibility index (Phi) is 4.33. The van der Waals surface area contributed by atoms with Crippen molar-refractivity contribution in [3.8, 4) is 0 Å². The molecular weight excluding hydrogens is 298 g/mol. The van der Waals surface area contributed by atoms with E-state index in [1.807, 2.05) is 0 Å². The predicted octanol–water partition coefficient (Wildman–Crippen LogP) is 2.64. The first-order chi connectivity index (χ1) is 10.3. The maximum Gasteiger partial charge on any atom is 0.315 e. The summed E-state index contributed by atoms with van der Waals surface area (Å²) in [6.07, 6.45) is 5.65. The molecular formula is C17H24ClN3O. The normalized spacial score (nSPS) is 25.2. The second-order valence-corrected chi connectivity index (χ2v) is 6.77. The van der Waals surface area contributed by atoms with Gasteiger partial charge in [-0.2, -0.15) is 0 Å². The van der Waals surface area contributed by atoms with Crippen molar-refractivity contribution in [3.05, 3.63) is 35.4 Å². The molecule has 1 saturated heterocycles. The zero-order valence-corrected chi connectivity index (χ0v) is 13.5. The standard InChI is InChI=1S/C17H23N3O.ClH/c21-16(19-12-5-6-12)20-15-11-17(7-9-18-10-8-17)14-4-2-1-3-13(14)15;/h1-4,12,15,18H,5-11H2,(H2,19,20,21);1H. The average Bonchev–Trinajstić information content (AvgIpc) is 3.26. The van der Waals surface area contributed by atoms with Gasteiger partial charge in [-0.25, -0.2) is 4.79 Å². The van der Waals surface area contributed by atoms with Crippen molar-refractivity contribution >= 4 is 18.4 Å². The van der Waals surface area contributed by atoms with Gasteiger partial charge < -0.3 is 16.0 Å². The van der Waals surface area contributed by atoms with Crippen molar-refractivity contribution in [2.75, 3.05) is 13.1 Å². The van der Waals surface area contributed by atoms with Gasteiger partial charge in [0.2, 0.25) is 0 Å². The molecule has 1 aromatic carbocycles. The zero-order valence-electron chi connectivity index (χ0n) is 12.7. The molecule has 1 spiro atoms. The Morgan fingerprint density at radius 1 is 1.14 bits per heavy atom. The molecule has 2 aliphatic carbocycles. The summed E-state index contributed by atoms with van der Waals surface area (Å²) in [6.45, 7) is 2.16. The molecule has 5 heteroatoms. The molecule has 1 aliphatic heterocycles. The van der Waals surface area contributed by atoms with Gasteiger partial charge in [0.25, 0.3) is 0 Å². The van der Waals surface area contributed by atoms with Crippen molar-refractivity contribution in [2.24, 2.45) is 0 Å². The van der Waals surface area contributed by atoms with Crippen molar-refractivity contribution in [2.45, 2.75) is 49.6 Å². The Hall–Kier alpha value is -1.26. The van der Waals surface area contributed by atoms with Crippen LogP contribution in [0.1, 0.15) is 49.3 Å².